The number of hydrogen-bond acceptors (Lipinski definition) is 2. The van der Waals surface area contributed by atoms with E-state index in [9.17, 15) is 0 Å². The number of allylic oxidation sites excluding steroid dienone is 3. The van der Waals surface area contributed by atoms with Crippen molar-refractivity contribution in [3.8, 4) is 0 Å². The fraction of sp³-hybridized carbons (Fsp3) is 0.222. The fourth-order valence-corrected chi connectivity index (χ4v) is 0.378. The molecule has 0 spiro atoms. The molecule has 0 bridgehead atoms. The molecule has 62 valence electrons. The maximum absolute atomic E-state index is 6.81. The van der Waals surface area contributed by atoms with Crippen LogP contribution in [0.4, 0.5) is 0 Å². The smallest absolute Gasteiger partial charge is 0.0396 e. The lowest BCUT2D eigenvalue weighted by molar-refractivity contribution is 1.39. The molecule has 0 atom stereocenters. The predicted molar refractivity (Wildman–Crippen MR) is 51.7 cm³/mol. The molecular formula is C9H16N2. The highest BCUT2D eigenvalue weighted by molar-refractivity contribution is 5.81. The maximum Gasteiger partial charge on any atom is 0.0396 e. The lowest BCUT2D eigenvalue weighted by Gasteiger charge is -1.93. The van der Waals surface area contributed by atoms with Gasteiger partial charge in [-0.25, -0.2) is 0 Å². The van der Waals surface area contributed by atoms with Crippen molar-refractivity contribution in [1.82, 2.24) is 0 Å². The predicted octanol–water partition coefficient (Wildman–Crippen LogP) is 2.25. The van der Waals surface area contributed by atoms with Gasteiger partial charge in [0.15, 0.2) is 0 Å². The largest absolute Gasteiger partial charge is 0.398 e. The fourth-order valence-electron chi connectivity index (χ4n) is 0.378. The monoisotopic (exact) mass is 152 g/mol. The molecule has 0 rings (SSSR count). The van der Waals surface area contributed by atoms with Crippen LogP contribution < -0.4 is 5.73 Å². The minimum absolute atomic E-state index is 0.486. The first-order chi connectivity index (χ1) is 5.26. The summed E-state index contributed by atoms with van der Waals surface area (Å²) in [5, 5.41) is 6.81. The van der Waals surface area contributed by atoms with E-state index in [1.165, 1.54) is 12.2 Å². The third-order valence-electron chi connectivity index (χ3n) is 0.929. The highest BCUT2D eigenvalue weighted by Crippen LogP contribution is 1.95. The molecule has 0 saturated heterocycles. The zero-order chi connectivity index (χ0) is 9.28. The van der Waals surface area contributed by atoms with Crippen LogP contribution in [0, 0.1) is 5.41 Å². The Morgan fingerprint density at radius 2 is 1.73 bits per heavy atom. The Bertz CT molecular complexity index is 156. The quantitative estimate of drug-likeness (QED) is 0.473. The summed E-state index contributed by atoms with van der Waals surface area (Å²) in [5.41, 5.74) is 6.47. The number of rotatable bonds is 3. The molecule has 0 aromatic rings. The van der Waals surface area contributed by atoms with Crippen LogP contribution in [0.15, 0.2) is 36.6 Å². The molecule has 11 heavy (non-hydrogen) atoms. The van der Waals surface area contributed by atoms with Crippen molar-refractivity contribution in [2.75, 3.05) is 0 Å². The van der Waals surface area contributed by atoms with E-state index in [4.69, 9.17) is 11.1 Å². The van der Waals surface area contributed by atoms with Gasteiger partial charge in [-0.3, -0.25) is 0 Å². The lowest BCUT2D eigenvalue weighted by Crippen LogP contribution is -1.97. The normalized spacial score (nSPS) is 10.0. The Morgan fingerprint density at radius 1 is 1.27 bits per heavy atom. The number of nitrogens with two attached hydrogens (primary N) is 1. The molecule has 0 fully saturated rings. The van der Waals surface area contributed by atoms with Crippen LogP contribution in [-0.2, 0) is 0 Å². The van der Waals surface area contributed by atoms with Gasteiger partial charge in [-0.05, 0) is 6.08 Å². The molecule has 0 aliphatic rings. The van der Waals surface area contributed by atoms with Crippen molar-refractivity contribution in [2.45, 2.75) is 13.8 Å². The van der Waals surface area contributed by atoms with Crippen molar-refractivity contribution in [1.29, 1.82) is 5.41 Å². The van der Waals surface area contributed by atoms with Gasteiger partial charge < -0.3 is 11.1 Å². The SMILES string of the molecule is C=C/C(N)=C(\C=C)C=N.CC. The van der Waals surface area contributed by atoms with Crippen LogP contribution in [0.25, 0.3) is 0 Å². The topological polar surface area (TPSA) is 49.9 Å². The van der Waals surface area contributed by atoms with Crippen molar-refractivity contribution >= 4 is 6.21 Å². The maximum atomic E-state index is 6.81. The summed E-state index contributed by atoms with van der Waals surface area (Å²) in [6, 6.07) is 0. The molecular weight excluding hydrogens is 136 g/mol. The first-order valence-corrected chi connectivity index (χ1v) is 3.51. The van der Waals surface area contributed by atoms with Crippen molar-refractivity contribution in [2.24, 2.45) is 5.73 Å². The Labute approximate surface area is 68.6 Å². The number of hydrogen-bond donors (Lipinski definition) is 2. The molecule has 0 saturated carbocycles. The summed E-state index contributed by atoms with van der Waals surface area (Å²) in [7, 11) is 0. The van der Waals surface area contributed by atoms with Gasteiger partial charge in [0.05, 0.1) is 0 Å². The van der Waals surface area contributed by atoms with E-state index in [1.54, 1.807) is 0 Å². The van der Waals surface area contributed by atoms with Gasteiger partial charge in [0.2, 0.25) is 0 Å². The molecule has 0 aromatic carbocycles. The van der Waals surface area contributed by atoms with Gasteiger partial charge in [0, 0.05) is 17.5 Å². The lowest BCUT2D eigenvalue weighted by atomic mass is 10.2. The van der Waals surface area contributed by atoms with Gasteiger partial charge in [0.25, 0.3) is 0 Å². The molecule has 0 amide bonds. The highest BCUT2D eigenvalue weighted by Gasteiger charge is 1.87. The third-order valence-corrected chi connectivity index (χ3v) is 0.929. The van der Waals surface area contributed by atoms with Gasteiger partial charge >= 0.3 is 0 Å². The summed E-state index contributed by atoms with van der Waals surface area (Å²) in [6.45, 7) is 10.9. The summed E-state index contributed by atoms with van der Waals surface area (Å²) in [5.74, 6) is 0. The second-order valence-electron chi connectivity index (χ2n) is 1.46. The molecule has 0 heterocycles. The van der Waals surface area contributed by atoms with Crippen LogP contribution in [0.1, 0.15) is 13.8 Å². The Morgan fingerprint density at radius 3 is 1.82 bits per heavy atom. The molecule has 0 aliphatic heterocycles. The summed E-state index contributed by atoms with van der Waals surface area (Å²) in [6.07, 6.45) is 4.15. The van der Waals surface area contributed by atoms with Crippen LogP contribution in [-0.4, -0.2) is 6.21 Å². The first kappa shape index (κ1) is 12.4. The summed E-state index contributed by atoms with van der Waals surface area (Å²) >= 11 is 0. The van der Waals surface area contributed by atoms with Gasteiger partial charge in [-0.1, -0.05) is 33.1 Å². The molecule has 0 aromatic heterocycles. The highest BCUT2D eigenvalue weighted by atomic mass is 14.6. The van der Waals surface area contributed by atoms with Crippen molar-refractivity contribution < 1.29 is 0 Å². The zero-order valence-corrected chi connectivity index (χ0v) is 7.22. The number of nitrogens with one attached hydrogen (secondary N) is 1. The van der Waals surface area contributed by atoms with Gasteiger partial charge in [-0.2, -0.15) is 0 Å². The third kappa shape index (κ3) is 5.15. The van der Waals surface area contributed by atoms with E-state index >= 15 is 0 Å². The van der Waals surface area contributed by atoms with Crippen LogP contribution in [0.2, 0.25) is 0 Å². The summed E-state index contributed by atoms with van der Waals surface area (Å²) in [4.78, 5) is 0. The van der Waals surface area contributed by atoms with Gasteiger partial charge in [0.1, 0.15) is 0 Å². The summed E-state index contributed by atoms with van der Waals surface area (Å²) < 4.78 is 0. The molecule has 0 unspecified atom stereocenters. The van der Waals surface area contributed by atoms with E-state index in [0.29, 0.717) is 11.3 Å². The van der Waals surface area contributed by atoms with E-state index in [2.05, 4.69) is 13.2 Å². The van der Waals surface area contributed by atoms with E-state index in [0.717, 1.165) is 6.21 Å². The van der Waals surface area contributed by atoms with Gasteiger partial charge in [-0.15, -0.1) is 0 Å². The Balaban J connectivity index is 0. The first-order valence-electron chi connectivity index (χ1n) is 3.51. The minimum atomic E-state index is 0.486. The molecule has 2 heteroatoms. The van der Waals surface area contributed by atoms with E-state index < -0.39 is 0 Å². The molecule has 2 nitrogen and oxygen atoms in total. The van der Waals surface area contributed by atoms with Crippen molar-refractivity contribution in [3.63, 3.8) is 0 Å². The minimum Gasteiger partial charge on any atom is -0.398 e. The second-order valence-corrected chi connectivity index (χ2v) is 1.46. The molecule has 0 radical (unpaired) electrons. The van der Waals surface area contributed by atoms with Crippen molar-refractivity contribution in [3.05, 3.63) is 36.6 Å². The molecule has 3 N–H and O–H groups in total. The van der Waals surface area contributed by atoms with Crippen LogP contribution in [0.3, 0.4) is 0 Å². The second kappa shape index (κ2) is 8.69. The van der Waals surface area contributed by atoms with E-state index in [1.807, 2.05) is 13.8 Å². The molecule has 0 aliphatic carbocycles. The Hall–Kier alpha value is -1.31. The average Bonchev–Trinajstić information content (AvgIpc) is 2.10. The Kier molecular flexibility index (Phi) is 9.78. The standard InChI is InChI=1S/C7H10N2.C2H6/c1-3-6(5-8)7(9)4-2;1-2/h3-5,8H,1-2,9H2;1-2H3/b7-6-,8-5?;. The van der Waals surface area contributed by atoms with Crippen LogP contribution >= 0.6 is 0 Å². The van der Waals surface area contributed by atoms with Crippen LogP contribution in [0.5, 0.6) is 0 Å². The average molecular weight is 152 g/mol. The van der Waals surface area contributed by atoms with E-state index in [-0.39, 0.29) is 0 Å². The zero-order valence-electron chi connectivity index (χ0n) is 7.22.